The minimum absolute atomic E-state index is 0. The molecule has 1 aromatic heterocycles. The predicted molar refractivity (Wildman–Crippen MR) is 120 cm³/mol. The number of aromatic nitrogens is 1. The Morgan fingerprint density at radius 3 is 2.19 bits per heavy atom. The van der Waals surface area contributed by atoms with Gasteiger partial charge in [-0.15, -0.1) is 5.11 Å². The van der Waals surface area contributed by atoms with Gasteiger partial charge in [-0.25, -0.2) is 4.57 Å². The largest absolute Gasteiger partial charge is 0.870 e. The van der Waals surface area contributed by atoms with E-state index in [1.54, 1.807) is 0 Å². The quantitative estimate of drug-likeness (QED) is 0.178. The Morgan fingerprint density at radius 2 is 1.65 bits per heavy atom. The van der Waals surface area contributed by atoms with Crippen LogP contribution in [-0.4, -0.2) is 23.5 Å². The van der Waals surface area contributed by atoms with Crippen molar-refractivity contribution < 1.29 is 15.0 Å². The van der Waals surface area contributed by atoms with Crippen molar-refractivity contribution in [3.05, 3.63) is 87.2 Å². The van der Waals surface area contributed by atoms with E-state index in [2.05, 4.69) is 26.6 Å². The van der Waals surface area contributed by atoms with E-state index >= 15 is 0 Å². The molecule has 8 nitrogen and oxygen atoms in total. The van der Waals surface area contributed by atoms with Gasteiger partial charge in [0, 0.05) is 36.5 Å². The molecule has 10 heteroatoms. The van der Waals surface area contributed by atoms with E-state index in [0.717, 1.165) is 25.3 Å². The molecule has 3 aromatic rings. The molecule has 162 valence electrons. The summed E-state index contributed by atoms with van der Waals surface area (Å²) in [5, 5.41) is 19.2. The molecule has 0 aliphatic rings. The van der Waals surface area contributed by atoms with Gasteiger partial charge >= 0.3 is 0 Å². The highest BCUT2D eigenvalue weighted by Crippen LogP contribution is 2.37. The van der Waals surface area contributed by atoms with E-state index in [1.165, 1.54) is 12.1 Å². The molecule has 1 heterocycles. The molecule has 0 saturated carbocycles. The normalized spacial score (nSPS) is 10.7. The average molecular weight is 462 g/mol. The Hall–Kier alpha value is -3.07. The number of rotatable bonds is 8. The summed E-state index contributed by atoms with van der Waals surface area (Å²) >= 11 is 12.1. The van der Waals surface area contributed by atoms with Gasteiger partial charge in [-0.3, -0.25) is 10.1 Å². The first-order valence-electron chi connectivity index (χ1n) is 9.32. The number of nitro benzene ring substituents is 1. The number of anilines is 1. The second-order valence-electron chi connectivity index (χ2n) is 6.42. The number of nitro groups is 1. The summed E-state index contributed by atoms with van der Waals surface area (Å²) in [5.41, 5.74) is 1.71. The second-order valence-corrected chi connectivity index (χ2v) is 7.24. The lowest BCUT2D eigenvalue weighted by molar-refractivity contribution is -0.694. The maximum atomic E-state index is 10.9. The number of hydrogen-bond acceptors (Lipinski definition) is 6. The van der Waals surface area contributed by atoms with E-state index in [1.807, 2.05) is 54.9 Å². The molecular formula is C21H21Cl2N5O3. The van der Waals surface area contributed by atoms with Gasteiger partial charge in [-0.1, -0.05) is 29.3 Å². The number of non-ortho nitro benzene ring substituents is 1. The van der Waals surface area contributed by atoms with Crippen LogP contribution in [0.2, 0.25) is 10.0 Å². The molecule has 0 amide bonds. The molecule has 0 fully saturated rings. The Labute approximate surface area is 189 Å². The predicted octanol–water partition coefficient (Wildman–Crippen LogP) is 5.95. The van der Waals surface area contributed by atoms with Crippen molar-refractivity contribution in [3.8, 4) is 0 Å². The third-order valence-corrected chi connectivity index (χ3v) is 5.06. The van der Waals surface area contributed by atoms with Crippen LogP contribution in [0.15, 0.2) is 77.2 Å². The van der Waals surface area contributed by atoms with Crippen LogP contribution in [0, 0.1) is 10.1 Å². The fourth-order valence-electron chi connectivity index (χ4n) is 2.88. The zero-order valence-corrected chi connectivity index (χ0v) is 18.2. The molecule has 31 heavy (non-hydrogen) atoms. The van der Waals surface area contributed by atoms with Crippen LogP contribution >= 0.6 is 23.2 Å². The molecule has 0 atom stereocenters. The molecular weight excluding hydrogens is 441 g/mol. The SMILES string of the molecule is CCN(CC[n+]1ccccc1)c1ccc(N=Nc2c(Cl)cc([N+](=O)[O-])cc2Cl)cc1.[OH-]. The molecule has 0 aliphatic carbocycles. The minimum Gasteiger partial charge on any atom is -0.870 e. The summed E-state index contributed by atoms with van der Waals surface area (Å²) in [6.07, 6.45) is 4.09. The van der Waals surface area contributed by atoms with Crippen molar-refractivity contribution in [1.82, 2.24) is 0 Å². The van der Waals surface area contributed by atoms with Crippen LogP contribution in [0.5, 0.6) is 0 Å². The van der Waals surface area contributed by atoms with Crippen molar-refractivity contribution >= 4 is 46.0 Å². The summed E-state index contributed by atoms with van der Waals surface area (Å²) in [6.45, 7) is 4.75. The van der Waals surface area contributed by atoms with Gasteiger partial charge in [0.2, 0.25) is 0 Å². The van der Waals surface area contributed by atoms with Crippen molar-refractivity contribution in [3.63, 3.8) is 0 Å². The third-order valence-electron chi connectivity index (χ3n) is 4.48. The monoisotopic (exact) mass is 461 g/mol. The highest BCUT2D eigenvalue weighted by atomic mass is 35.5. The van der Waals surface area contributed by atoms with Gasteiger partial charge in [-0.05, 0) is 31.2 Å². The molecule has 3 rings (SSSR count). The molecule has 0 spiro atoms. The van der Waals surface area contributed by atoms with Crippen molar-refractivity contribution in [2.45, 2.75) is 13.5 Å². The topological polar surface area (TPSA) is 105 Å². The summed E-state index contributed by atoms with van der Waals surface area (Å²) in [5.74, 6) is 0. The van der Waals surface area contributed by atoms with Crippen LogP contribution < -0.4 is 9.47 Å². The number of likely N-dealkylation sites (N-methyl/N-ethyl adjacent to an activating group) is 1. The van der Waals surface area contributed by atoms with Crippen LogP contribution in [0.4, 0.5) is 22.7 Å². The van der Waals surface area contributed by atoms with Gasteiger partial charge in [0.1, 0.15) is 5.69 Å². The fourth-order valence-corrected chi connectivity index (χ4v) is 3.43. The summed E-state index contributed by atoms with van der Waals surface area (Å²) in [4.78, 5) is 12.6. The molecule has 0 unspecified atom stereocenters. The summed E-state index contributed by atoms with van der Waals surface area (Å²) in [7, 11) is 0. The lowest BCUT2D eigenvalue weighted by Gasteiger charge is -2.21. The number of azo groups is 1. The van der Waals surface area contributed by atoms with E-state index in [0.29, 0.717) is 5.69 Å². The van der Waals surface area contributed by atoms with Gasteiger partial charge < -0.3 is 10.4 Å². The van der Waals surface area contributed by atoms with Crippen LogP contribution in [0.3, 0.4) is 0 Å². The van der Waals surface area contributed by atoms with Gasteiger partial charge in [0.25, 0.3) is 5.69 Å². The number of halogens is 2. The third kappa shape index (κ3) is 6.45. The van der Waals surface area contributed by atoms with E-state index < -0.39 is 4.92 Å². The maximum absolute atomic E-state index is 10.9. The van der Waals surface area contributed by atoms with E-state index in [4.69, 9.17) is 23.2 Å². The molecule has 0 bridgehead atoms. The highest BCUT2D eigenvalue weighted by Gasteiger charge is 2.14. The molecule has 0 aliphatic heterocycles. The highest BCUT2D eigenvalue weighted by molar-refractivity contribution is 6.39. The number of benzene rings is 2. The van der Waals surface area contributed by atoms with Crippen LogP contribution in [-0.2, 0) is 6.54 Å². The zero-order valence-electron chi connectivity index (χ0n) is 16.7. The number of hydrogen-bond donors (Lipinski definition) is 0. The van der Waals surface area contributed by atoms with Gasteiger partial charge in [-0.2, -0.15) is 5.11 Å². The smallest absolute Gasteiger partial charge is 0.272 e. The first-order valence-corrected chi connectivity index (χ1v) is 10.1. The van der Waals surface area contributed by atoms with Crippen molar-refractivity contribution in [1.29, 1.82) is 0 Å². The molecule has 1 N–H and O–H groups in total. The van der Waals surface area contributed by atoms with E-state index in [9.17, 15) is 10.1 Å². The van der Waals surface area contributed by atoms with Crippen molar-refractivity contribution in [2.24, 2.45) is 10.2 Å². The Balaban J connectivity index is 0.00000341. The fraction of sp³-hybridized carbons (Fsp3) is 0.190. The van der Waals surface area contributed by atoms with Crippen molar-refractivity contribution in [2.75, 3.05) is 18.0 Å². The molecule has 2 aromatic carbocycles. The number of nitrogens with zero attached hydrogens (tertiary/aromatic N) is 5. The minimum atomic E-state index is -0.562. The first kappa shape index (κ1) is 24.2. The lowest BCUT2D eigenvalue weighted by atomic mass is 10.2. The Bertz CT molecular complexity index is 1020. The average Bonchev–Trinajstić information content (AvgIpc) is 2.75. The maximum Gasteiger partial charge on any atom is 0.272 e. The lowest BCUT2D eigenvalue weighted by Crippen LogP contribution is -2.40. The van der Waals surface area contributed by atoms with E-state index in [-0.39, 0.29) is 26.9 Å². The van der Waals surface area contributed by atoms with Crippen LogP contribution in [0.25, 0.3) is 0 Å². The Kier molecular flexibility index (Phi) is 8.87. The zero-order chi connectivity index (χ0) is 21.5. The Morgan fingerprint density at radius 1 is 1.03 bits per heavy atom. The number of pyridine rings is 1. The summed E-state index contributed by atoms with van der Waals surface area (Å²) < 4.78 is 2.14. The first-order chi connectivity index (χ1) is 14.5. The van der Waals surface area contributed by atoms with Gasteiger partial charge in [0.05, 0.1) is 27.2 Å². The molecule has 0 saturated heterocycles. The summed E-state index contributed by atoms with van der Waals surface area (Å²) in [6, 6.07) is 16.1. The van der Waals surface area contributed by atoms with Gasteiger partial charge in [0.15, 0.2) is 18.9 Å². The molecule has 0 radical (unpaired) electrons. The second kappa shape index (κ2) is 11.4. The van der Waals surface area contributed by atoms with Crippen LogP contribution in [0.1, 0.15) is 6.92 Å². The standard InChI is InChI=1S/C21H20Cl2N5O2.H2O/c1-2-27(13-12-26-10-4-3-5-11-26)17-8-6-16(7-9-17)24-25-21-19(22)14-18(28(29)30)15-20(21)23;/h3-11,14-15H,2,12-13H2,1H3;1H2/q+1;/p-1.